The summed E-state index contributed by atoms with van der Waals surface area (Å²) in [6.45, 7) is 0.266. The smallest absolute Gasteiger partial charge is 0.119 e. The van der Waals surface area contributed by atoms with Crippen LogP contribution in [0.1, 0.15) is 17.9 Å². The van der Waals surface area contributed by atoms with E-state index in [-0.39, 0.29) is 6.61 Å². The second kappa shape index (κ2) is 4.24. The van der Waals surface area contributed by atoms with Crippen molar-refractivity contribution in [2.24, 2.45) is 0 Å². The Morgan fingerprint density at radius 1 is 1.57 bits per heavy atom. The molecule has 0 radical (unpaired) electrons. The van der Waals surface area contributed by atoms with E-state index in [0.717, 1.165) is 17.9 Å². The Balaban J connectivity index is 2.27. The highest BCUT2D eigenvalue weighted by Crippen LogP contribution is 2.42. The van der Waals surface area contributed by atoms with Crippen LogP contribution in [0.2, 0.25) is 0 Å². The van der Waals surface area contributed by atoms with Gasteiger partial charge in [-0.2, -0.15) is 0 Å². The van der Waals surface area contributed by atoms with E-state index >= 15 is 0 Å². The lowest BCUT2D eigenvalue weighted by atomic mass is 9.98. The summed E-state index contributed by atoms with van der Waals surface area (Å²) < 4.78 is 5.19. The summed E-state index contributed by atoms with van der Waals surface area (Å²) in [5.41, 5.74) is 1.34. The van der Waals surface area contributed by atoms with Crippen molar-refractivity contribution in [1.82, 2.24) is 0 Å². The molecule has 1 aromatic rings. The highest BCUT2D eigenvalue weighted by molar-refractivity contribution is 7.99. The van der Waals surface area contributed by atoms with Gasteiger partial charge >= 0.3 is 0 Å². The average Bonchev–Trinajstić information content (AvgIpc) is 2.61. The van der Waals surface area contributed by atoms with E-state index in [0.29, 0.717) is 5.92 Å². The maximum absolute atomic E-state index is 8.94. The molecule has 1 atom stereocenters. The molecule has 0 fully saturated rings. The van der Waals surface area contributed by atoms with Crippen molar-refractivity contribution >= 4 is 11.8 Å². The second-order valence-electron chi connectivity index (χ2n) is 3.42. The van der Waals surface area contributed by atoms with Crippen LogP contribution in [0.3, 0.4) is 0 Å². The third kappa shape index (κ3) is 1.74. The zero-order chi connectivity index (χ0) is 9.97. The fraction of sp³-hybridized carbons (Fsp3) is 0.455. The minimum Gasteiger partial charge on any atom is -0.497 e. The molecule has 0 amide bonds. The molecule has 2 rings (SSSR count). The lowest BCUT2D eigenvalue weighted by Gasteiger charge is -2.09. The van der Waals surface area contributed by atoms with Crippen LogP contribution < -0.4 is 4.74 Å². The summed E-state index contributed by atoms with van der Waals surface area (Å²) in [5, 5.41) is 8.94. The molecule has 1 aliphatic heterocycles. The van der Waals surface area contributed by atoms with E-state index in [1.807, 2.05) is 17.8 Å². The van der Waals surface area contributed by atoms with Gasteiger partial charge in [0.15, 0.2) is 0 Å². The molecule has 2 nitrogen and oxygen atoms in total. The van der Waals surface area contributed by atoms with E-state index in [1.54, 1.807) is 7.11 Å². The Hall–Kier alpha value is -0.670. The van der Waals surface area contributed by atoms with Crippen LogP contribution in [0.15, 0.2) is 23.1 Å². The number of aliphatic hydroxyl groups excluding tert-OH is 1. The first-order chi connectivity index (χ1) is 6.85. The Labute approximate surface area is 88.3 Å². The van der Waals surface area contributed by atoms with Gasteiger partial charge in [0.2, 0.25) is 0 Å². The van der Waals surface area contributed by atoms with E-state index in [1.165, 1.54) is 10.5 Å². The lowest BCUT2D eigenvalue weighted by Crippen LogP contribution is -2.00. The van der Waals surface area contributed by atoms with Crippen LogP contribution in [0.25, 0.3) is 0 Å². The zero-order valence-electron chi connectivity index (χ0n) is 8.19. The molecular weight excluding hydrogens is 196 g/mol. The number of fused-ring (bicyclic) bond motifs is 1. The topological polar surface area (TPSA) is 29.5 Å². The molecule has 1 aromatic carbocycles. The molecule has 0 saturated heterocycles. The van der Waals surface area contributed by atoms with Crippen molar-refractivity contribution < 1.29 is 9.84 Å². The quantitative estimate of drug-likeness (QED) is 0.830. The van der Waals surface area contributed by atoms with Crippen molar-refractivity contribution in [3.8, 4) is 5.75 Å². The van der Waals surface area contributed by atoms with E-state index < -0.39 is 0 Å². The van der Waals surface area contributed by atoms with Gasteiger partial charge in [-0.3, -0.25) is 0 Å². The zero-order valence-corrected chi connectivity index (χ0v) is 9.01. The third-order valence-electron chi connectivity index (χ3n) is 2.57. The lowest BCUT2D eigenvalue weighted by molar-refractivity contribution is 0.279. The standard InChI is InChI=1S/C11H14O2S/c1-13-9-2-3-11-10(6-9)8(4-5-12)7-14-11/h2-3,6,8,12H,4-5,7H2,1H3. The van der Waals surface area contributed by atoms with Crippen LogP contribution in [-0.2, 0) is 0 Å². The van der Waals surface area contributed by atoms with Gasteiger partial charge in [-0.1, -0.05) is 0 Å². The Kier molecular flexibility index (Phi) is 2.99. The van der Waals surface area contributed by atoms with E-state index in [2.05, 4.69) is 12.1 Å². The summed E-state index contributed by atoms with van der Waals surface area (Å²) >= 11 is 1.87. The minimum absolute atomic E-state index is 0.266. The van der Waals surface area contributed by atoms with Gasteiger partial charge in [-0.25, -0.2) is 0 Å². The number of ether oxygens (including phenoxy) is 1. The van der Waals surface area contributed by atoms with Crippen molar-refractivity contribution in [3.05, 3.63) is 23.8 Å². The van der Waals surface area contributed by atoms with Crippen LogP contribution in [0.4, 0.5) is 0 Å². The molecule has 0 aliphatic carbocycles. The third-order valence-corrected chi connectivity index (χ3v) is 3.83. The highest BCUT2D eigenvalue weighted by Gasteiger charge is 2.22. The Morgan fingerprint density at radius 3 is 3.14 bits per heavy atom. The Bertz CT molecular complexity index is 323. The number of aliphatic hydroxyl groups is 1. The molecule has 76 valence electrons. The van der Waals surface area contributed by atoms with E-state index in [4.69, 9.17) is 9.84 Å². The molecule has 0 spiro atoms. The van der Waals surface area contributed by atoms with Gasteiger partial charge in [0.25, 0.3) is 0 Å². The molecular formula is C11H14O2S. The maximum Gasteiger partial charge on any atom is 0.119 e. The van der Waals surface area contributed by atoms with Gasteiger partial charge in [0, 0.05) is 17.3 Å². The molecule has 0 aromatic heterocycles. The molecule has 0 bridgehead atoms. The summed E-state index contributed by atoms with van der Waals surface area (Å²) in [4.78, 5) is 1.34. The molecule has 1 heterocycles. The first-order valence-corrected chi connectivity index (χ1v) is 5.75. The molecule has 1 N–H and O–H groups in total. The predicted molar refractivity (Wildman–Crippen MR) is 58.2 cm³/mol. The average molecular weight is 210 g/mol. The van der Waals surface area contributed by atoms with Crippen molar-refractivity contribution in [2.45, 2.75) is 17.2 Å². The van der Waals surface area contributed by atoms with Gasteiger partial charge < -0.3 is 9.84 Å². The second-order valence-corrected chi connectivity index (χ2v) is 4.49. The van der Waals surface area contributed by atoms with Gasteiger partial charge in [0.05, 0.1) is 7.11 Å². The van der Waals surface area contributed by atoms with Crippen molar-refractivity contribution in [2.75, 3.05) is 19.5 Å². The molecule has 0 saturated carbocycles. The van der Waals surface area contributed by atoms with Crippen LogP contribution in [-0.4, -0.2) is 24.6 Å². The summed E-state index contributed by atoms with van der Waals surface area (Å²) in [6.07, 6.45) is 0.854. The summed E-state index contributed by atoms with van der Waals surface area (Å²) in [5.74, 6) is 2.49. The fourth-order valence-corrected chi connectivity index (χ4v) is 3.06. The largest absolute Gasteiger partial charge is 0.497 e. The number of thioether (sulfide) groups is 1. The van der Waals surface area contributed by atoms with Crippen LogP contribution in [0, 0.1) is 0 Å². The number of rotatable bonds is 3. The maximum atomic E-state index is 8.94. The normalized spacial score (nSPS) is 19.4. The van der Waals surface area contributed by atoms with Crippen LogP contribution >= 0.6 is 11.8 Å². The predicted octanol–water partition coefficient (Wildman–Crippen LogP) is 2.27. The number of hydrogen-bond acceptors (Lipinski definition) is 3. The molecule has 3 heteroatoms. The van der Waals surface area contributed by atoms with Crippen LogP contribution in [0.5, 0.6) is 5.75 Å². The Morgan fingerprint density at radius 2 is 2.43 bits per heavy atom. The number of hydrogen-bond donors (Lipinski definition) is 1. The minimum atomic E-state index is 0.266. The van der Waals surface area contributed by atoms with Gasteiger partial charge in [0.1, 0.15) is 5.75 Å². The SMILES string of the molecule is COc1ccc2c(c1)C(CCO)CS2. The molecule has 1 unspecified atom stereocenters. The summed E-state index contributed by atoms with van der Waals surface area (Å²) in [7, 11) is 1.69. The molecule has 1 aliphatic rings. The highest BCUT2D eigenvalue weighted by atomic mass is 32.2. The number of methoxy groups -OCH3 is 1. The first-order valence-electron chi connectivity index (χ1n) is 4.76. The monoisotopic (exact) mass is 210 g/mol. The summed E-state index contributed by atoms with van der Waals surface area (Å²) in [6, 6.07) is 6.19. The fourth-order valence-electron chi connectivity index (χ4n) is 1.78. The van der Waals surface area contributed by atoms with E-state index in [9.17, 15) is 0 Å². The van der Waals surface area contributed by atoms with Crippen molar-refractivity contribution in [1.29, 1.82) is 0 Å². The number of benzene rings is 1. The first kappa shape index (κ1) is 9.87. The van der Waals surface area contributed by atoms with Gasteiger partial charge in [-0.15, -0.1) is 11.8 Å². The van der Waals surface area contributed by atoms with Gasteiger partial charge in [-0.05, 0) is 36.1 Å². The van der Waals surface area contributed by atoms with Crippen molar-refractivity contribution in [3.63, 3.8) is 0 Å². The molecule has 14 heavy (non-hydrogen) atoms.